The average molecular weight is 406 g/mol. The molecule has 1 unspecified atom stereocenters. The summed E-state index contributed by atoms with van der Waals surface area (Å²) in [4.78, 5) is 11.7. The highest BCUT2D eigenvalue weighted by atomic mass is 79.9. The quantitative estimate of drug-likeness (QED) is 0.555. The molecule has 0 saturated carbocycles. The Morgan fingerprint density at radius 2 is 2.05 bits per heavy atom. The van der Waals surface area contributed by atoms with Gasteiger partial charge >= 0.3 is 5.97 Å². The largest absolute Gasteiger partial charge is 0.457 e. The number of esters is 1. The second kappa shape index (κ2) is 7.09. The standard InChI is InChI=1S/C11H11BrCl2O5S/c1-6(5-18-2)19-11(15)8-3-7(20(14,16)17)4-9(12)10(8)13/h3-4,6H,5H2,1-2H3. The summed E-state index contributed by atoms with van der Waals surface area (Å²) in [6.07, 6.45) is -0.501. The third-order valence-corrected chi connectivity index (χ3v) is 4.81. The van der Waals surface area contributed by atoms with Crippen molar-refractivity contribution < 1.29 is 22.7 Å². The molecule has 20 heavy (non-hydrogen) atoms. The minimum absolute atomic E-state index is 0.0451. The van der Waals surface area contributed by atoms with E-state index in [2.05, 4.69) is 15.9 Å². The van der Waals surface area contributed by atoms with E-state index in [0.717, 1.165) is 6.07 Å². The highest BCUT2D eigenvalue weighted by Crippen LogP contribution is 2.31. The van der Waals surface area contributed by atoms with Crippen molar-refractivity contribution in [3.63, 3.8) is 0 Å². The number of methoxy groups -OCH3 is 1. The highest BCUT2D eigenvalue weighted by Gasteiger charge is 2.22. The number of carbonyl (C=O) groups is 1. The smallest absolute Gasteiger partial charge is 0.340 e. The Morgan fingerprint density at radius 3 is 2.55 bits per heavy atom. The summed E-state index contributed by atoms with van der Waals surface area (Å²) in [6.45, 7) is 1.84. The highest BCUT2D eigenvalue weighted by molar-refractivity contribution is 9.10. The molecule has 0 heterocycles. The van der Waals surface area contributed by atoms with Gasteiger partial charge in [-0.1, -0.05) is 11.6 Å². The molecule has 5 nitrogen and oxygen atoms in total. The van der Waals surface area contributed by atoms with Crippen LogP contribution < -0.4 is 0 Å². The van der Waals surface area contributed by atoms with Gasteiger partial charge in [-0.3, -0.25) is 0 Å². The van der Waals surface area contributed by atoms with Gasteiger partial charge in [0.15, 0.2) is 0 Å². The molecule has 0 radical (unpaired) electrons. The third-order valence-electron chi connectivity index (χ3n) is 2.21. The van der Waals surface area contributed by atoms with Crippen molar-refractivity contribution in [2.24, 2.45) is 0 Å². The fraction of sp³-hybridized carbons (Fsp3) is 0.364. The van der Waals surface area contributed by atoms with Crippen LogP contribution in [0.3, 0.4) is 0 Å². The number of hydrogen-bond acceptors (Lipinski definition) is 5. The number of halogens is 3. The summed E-state index contributed by atoms with van der Waals surface area (Å²) in [5.41, 5.74) is -0.0942. The maximum atomic E-state index is 12.0. The number of hydrogen-bond donors (Lipinski definition) is 0. The Morgan fingerprint density at radius 1 is 1.45 bits per heavy atom. The molecule has 0 aliphatic heterocycles. The van der Waals surface area contributed by atoms with Crippen molar-refractivity contribution in [2.75, 3.05) is 13.7 Å². The van der Waals surface area contributed by atoms with Gasteiger partial charge in [-0.15, -0.1) is 0 Å². The molecule has 0 saturated heterocycles. The zero-order chi connectivity index (χ0) is 15.5. The van der Waals surface area contributed by atoms with Crippen LogP contribution in [0.1, 0.15) is 17.3 Å². The van der Waals surface area contributed by atoms with E-state index in [1.807, 2.05) is 0 Å². The van der Waals surface area contributed by atoms with Crippen molar-refractivity contribution in [1.29, 1.82) is 0 Å². The first-order valence-electron chi connectivity index (χ1n) is 5.30. The minimum atomic E-state index is -3.99. The zero-order valence-electron chi connectivity index (χ0n) is 10.5. The van der Waals surface area contributed by atoms with Gasteiger partial charge in [0.05, 0.1) is 22.1 Å². The second-order valence-electron chi connectivity index (χ2n) is 3.88. The predicted octanol–water partition coefficient (Wildman–Crippen LogP) is 3.22. The van der Waals surface area contributed by atoms with Crippen LogP contribution in [-0.4, -0.2) is 34.2 Å². The van der Waals surface area contributed by atoms with Crippen molar-refractivity contribution in [3.8, 4) is 0 Å². The lowest BCUT2D eigenvalue weighted by Gasteiger charge is -2.13. The van der Waals surface area contributed by atoms with E-state index >= 15 is 0 Å². The number of ether oxygens (including phenoxy) is 2. The predicted molar refractivity (Wildman–Crippen MR) is 78.9 cm³/mol. The molecule has 0 spiro atoms. The third kappa shape index (κ3) is 4.60. The first-order valence-corrected chi connectivity index (χ1v) is 8.78. The van der Waals surface area contributed by atoms with E-state index in [0.29, 0.717) is 0 Å². The summed E-state index contributed by atoms with van der Waals surface area (Å²) in [6, 6.07) is 2.28. The van der Waals surface area contributed by atoms with Gasteiger partial charge in [0.25, 0.3) is 9.05 Å². The SMILES string of the molecule is COCC(C)OC(=O)c1cc(S(=O)(=O)Cl)cc(Br)c1Cl. The fourth-order valence-corrected chi connectivity index (χ4v) is 2.95. The van der Waals surface area contributed by atoms with Crippen molar-refractivity contribution >= 4 is 53.2 Å². The average Bonchev–Trinajstić information content (AvgIpc) is 2.31. The van der Waals surface area contributed by atoms with Gasteiger partial charge in [-0.2, -0.15) is 0 Å². The second-order valence-corrected chi connectivity index (χ2v) is 7.67. The molecule has 0 aromatic heterocycles. The Kier molecular flexibility index (Phi) is 6.27. The summed E-state index contributed by atoms with van der Waals surface area (Å²) < 4.78 is 32.8. The molecule has 0 amide bonds. The van der Waals surface area contributed by atoms with Gasteiger partial charge in [0.2, 0.25) is 0 Å². The maximum Gasteiger partial charge on any atom is 0.340 e. The first-order chi connectivity index (χ1) is 9.16. The first kappa shape index (κ1) is 17.7. The Bertz CT molecular complexity index is 617. The summed E-state index contributed by atoms with van der Waals surface area (Å²) in [5.74, 6) is -0.762. The van der Waals surface area contributed by atoms with E-state index in [1.54, 1.807) is 6.92 Å². The fourth-order valence-electron chi connectivity index (χ4n) is 1.37. The van der Waals surface area contributed by atoms with Crippen LogP contribution in [0.4, 0.5) is 0 Å². The molecule has 112 valence electrons. The van der Waals surface area contributed by atoms with E-state index in [1.165, 1.54) is 13.2 Å². The van der Waals surface area contributed by atoms with Crippen LogP contribution in [0.15, 0.2) is 21.5 Å². The van der Waals surface area contributed by atoms with Crippen LogP contribution in [-0.2, 0) is 18.5 Å². The molecular weight excluding hydrogens is 395 g/mol. The lowest BCUT2D eigenvalue weighted by Crippen LogP contribution is -2.20. The molecule has 0 bridgehead atoms. The molecule has 0 N–H and O–H groups in total. The topological polar surface area (TPSA) is 69.7 Å². The molecule has 0 fully saturated rings. The van der Waals surface area contributed by atoms with E-state index in [-0.39, 0.29) is 26.6 Å². The van der Waals surface area contributed by atoms with E-state index < -0.39 is 21.1 Å². The van der Waals surface area contributed by atoms with Gasteiger partial charge in [0, 0.05) is 22.3 Å². The zero-order valence-corrected chi connectivity index (χ0v) is 14.4. The van der Waals surface area contributed by atoms with Crippen LogP contribution >= 0.6 is 38.2 Å². The van der Waals surface area contributed by atoms with Crippen LogP contribution in [0.5, 0.6) is 0 Å². The van der Waals surface area contributed by atoms with Crippen LogP contribution in [0.2, 0.25) is 5.02 Å². The Balaban J connectivity index is 3.17. The lowest BCUT2D eigenvalue weighted by molar-refractivity contribution is 0.0120. The molecular formula is C11H11BrCl2O5S. The monoisotopic (exact) mass is 404 g/mol. The van der Waals surface area contributed by atoms with Crippen LogP contribution in [0, 0.1) is 0 Å². The molecule has 1 aromatic rings. The Hall–Kier alpha value is -0.340. The van der Waals surface area contributed by atoms with Gasteiger partial charge < -0.3 is 9.47 Å². The van der Waals surface area contributed by atoms with E-state index in [4.69, 9.17) is 31.8 Å². The number of carbonyl (C=O) groups excluding carboxylic acids is 1. The van der Waals surface area contributed by atoms with Crippen molar-refractivity contribution in [1.82, 2.24) is 0 Å². The molecule has 1 atom stereocenters. The minimum Gasteiger partial charge on any atom is -0.457 e. The van der Waals surface area contributed by atoms with Crippen LogP contribution in [0.25, 0.3) is 0 Å². The normalized spacial score (nSPS) is 13.1. The molecule has 0 aliphatic rings. The maximum absolute atomic E-state index is 12.0. The lowest BCUT2D eigenvalue weighted by atomic mass is 10.2. The molecule has 1 aromatic carbocycles. The molecule has 1 rings (SSSR count). The number of benzene rings is 1. The van der Waals surface area contributed by atoms with Gasteiger partial charge in [-0.05, 0) is 35.0 Å². The molecule has 9 heteroatoms. The molecule has 0 aliphatic carbocycles. The van der Waals surface area contributed by atoms with Crippen molar-refractivity contribution in [2.45, 2.75) is 17.9 Å². The Labute approximate surface area is 134 Å². The number of rotatable bonds is 5. The summed E-state index contributed by atoms with van der Waals surface area (Å²) >= 11 is 9.02. The summed E-state index contributed by atoms with van der Waals surface area (Å²) in [5, 5.41) is 0.0451. The van der Waals surface area contributed by atoms with Gasteiger partial charge in [-0.25, -0.2) is 13.2 Å². The van der Waals surface area contributed by atoms with Gasteiger partial charge in [0.1, 0.15) is 6.10 Å². The van der Waals surface area contributed by atoms with E-state index in [9.17, 15) is 13.2 Å². The van der Waals surface area contributed by atoms with Crippen molar-refractivity contribution in [3.05, 3.63) is 27.2 Å². The summed E-state index contributed by atoms with van der Waals surface area (Å²) in [7, 11) is 2.73.